The van der Waals surface area contributed by atoms with E-state index in [2.05, 4.69) is 6.58 Å². The van der Waals surface area contributed by atoms with Gasteiger partial charge in [-0.3, -0.25) is 0 Å². The fourth-order valence-electron chi connectivity index (χ4n) is 0.762. The first-order chi connectivity index (χ1) is 4.84. The molecule has 0 aliphatic carbocycles. The third-order valence-electron chi connectivity index (χ3n) is 1.24. The first-order valence-corrected chi connectivity index (χ1v) is 3.11. The fourth-order valence-corrected chi connectivity index (χ4v) is 0.762. The summed E-state index contributed by atoms with van der Waals surface area (Å²) in [7, 11) is 0. The Morgan fingerprint density at radius 2 is 2.40 bits per heavy atom. The molecule has 1 rings (SSSR count). The number of hydrogen-bond acceptors (Lipinski definition) is 0. The van der Waals surface area contributed by atoms with Gasteiger partial charge in [0.1, 0.15) is 0 Å². The van der Waals surface area contributed by atoms with Crippen LogP contribution in [0.4, 0.5) is 4.48 Å². The van der Waals surface area contributed by atoms with Crippen LogP contribution in [0.25, 0.3) is 0 Å². The maximum absolute atomic E-state index is 12.6. The Balaban J connectivity index is 2.91. The molecule has 10 heavy (non-hydrogen) atoms. The van der Waals surface area contributed by atoms with E-state index in [1.165, 1.54) is 6.20 Å². The van der Waals surface area contributed by atoms with Crippen LogP contribution in [0.2, 0.25) is 0 Å². The number of pyridine rings is 1. The van der Waals surface area contributed by atoms with Crippen molar-refractivity contribution < 1.29 is 9.27 Å². The van der Waals surface area contributed by atoms with Gasteiger partial charge in [0.15, 0.2) is 0 Å². The van der Waals surface area contributed by atoms with Gasteiger partial charge in [-0.2, -0.15) is 0 Å². The molecule has 0 aliphatic rings. The van der Waals surface area contributed by atoms with Crippen LogP contribution in [0.5, 0.6) is 0 Å². The molecule has 0 saturated carbocycles. The van der Waals surface area contributed by atoms with E-state index in [0.717, 1.165) is 0 Å². The Hall–Kier alpha value is -1.18. The number of allylic oxidation sites excluding steroid dienone is 1. The summed E-state index contributed by atoms with van der Waals surface area (Å²) in [4.78, 5) is 0.599. The van der Waals surface area contributed by atoms with Crippen LogP contribution in [0.15, 0.2) is 37.1 Å². The van der Waals surface area contributed by atoms with Crippen molar-refractivity contribution in [3.05, 3.63) is 42.7 Å². The lowest BCUT2D eigenvalue weighted by Crippen LogP contribution is -2.26. The molecule has 1 nitrogen and oxygen atoms in total. The van der Waals surface area contributed by atoms with Crippen LogP contribution in [-0.4, -0.2) is 0 Å². The Labute approximate surface area is 59.4 Å². The number of rotatable bonds is 2. The molecule has 0 amide bonds. The summed E-state index contributed by atoms with van der Waals surface area (Å²) in [6.45, 7) is 3.52. The summed E-state index contributed by atoms with van der Waals surface area (Å²) in [6.07, 6.45) is 3.61. The lowest BCUT2D eigenvalue weighted by atomic mass is 10.3. The average molecular weight is 138 g/mol. The minimum atomic E-state index is 0.567. The monoisotopic (exact) mass is 138 g/mol. The maximum Gasteiger partial charge on any atom is 0.234 e. The van der Waals surface area contributed by atoms with E-state index in [1.54, 1.807) is 24.3 Å². The molecule has 0 bridgehead atoms. The van der Waals surface area contributed by atoms with Crippen molar-refractivity contribution in [2.45, 2.75) is 6.42 Å². The molecule has 1 aromatic rings. The zero-order valence-corrected chi connectivity index (χ0v) is 5.63. The molecule has 0 atom stereocenters. The first-order valence-electron chi connectivity index (χ1n) is 3.11. The molecule has 0 saturated heterocycles. The molecular formula is C8H9FN+. The SMILES string of the molecule is C=CCc1cccc[n+]1F. The Morgan fingerprint density at radius 1 is 1.60 bits per heavy atom. The molecule has 0 N–H and O–H groups in total. The molecule has 0 fully saturated rings. The number of aromatic nitrogens is 1. The summed E-state index contributed by atoms with van der Waals surface area (Å²) >= 11 is 0. The second-order valence-corrected chi connectivity index (χ2v) is 2.00. The van der Waals surface area contributed by atoms with Gasteiger partial charge in [0.05, 0.1) is 10.9 Å². The Bertz CT molecular complexity index is 232. The molecule has 1 aromatic heterocycles. The van der Waals surface area contributed by atoms with Crippen molar-refractivity contribution in [3.8, 4) is 0 Å². The topological polar surface area (TPSA) is 3.88 Å². The van der Waals surface area contributed by atoms with Crippen LogP contribution in [-0.2, 0) is 6.42 Å². The zero-order valence-electron chi connectivity index (χ0n) is 5.63. The molecule has 0 aliphatic heterocycles. The van der Waals surface area contributed by atoms with Crippen LogP contribution in [0.3, 0.4) is 0 Å². The lowest BCUT2D eigenvalue weighted by molar-refractivity contribution is -0.849. The Kier molecular flexibility index (Phi) is 2.15. The molecular weight excluding hydrogens is 129 g/mol. The van der Waals surface area contributed by atoms with Crippen molar-refractivity contribution in [3.63, 3.8) is 0 Å². The largest absolute Gasteiger partial charge is 0.234 e. The predicted octanol–water partition coefficient (Wildman–Crippen LogP) is 1.44. The second kappa shape index (κ2) is 3.11. The lowest BCUT2D eigenvalue weighted by Gasteiger charge is -1.86. The molecule has 0 spiro atoms. The van der Waals surface area contributed by atoms with Gasteiger partial charge < -0.3 is 0 Å². The standard InChI is InChI=1S/C8H9FN/c1-2-5-8-6-3-4-7-10(8)9/h2-4,6-7H,1,5H2/q+1. The van der Waals surface area contributed by atoms with Crippen molar-refractivity contribution in [2.75, 3.05) is 0 Å². The summed E-state index contributed by atoms with van der Waals surface area (Å²) < 4.78 is 12.6. The van der Waals surface area contributed by atoms with E-state index >= 15 is 0 Å². The van der Waals surface area contributed by atoms with Crippen LogP contribution in [0, 0.1) is 0 Å². The summed E-state index contributed by atoms with van der Waals surface area (Å²) in [5.41, 5.74) is 0.623. The predicted molar refractivity (Wildman–Crippen MR) is 37.0 cm³/mol. The van der Waals surface area contributed by atoms with Crippen molar-refractivity contribution in [1.82, 2.24) is 0 Å². The smallest absolute Gasteiger partial charge is 0.103 e. The number of hydrogen-bond donors (Lipinski definition) is 0. The van der Waals surface area contributed by atoms with Gasteiger partial charge in [-0.1, -0.05) is 6.08 Å². The third kappa shape index (κ3) is 1.41. The van der Waals surface area contributed by atoms with Gasteiger partial charge in [-0.05, 0) is 6.07 Å². The molecule has 0 aromatic carbocycles. The van der Waals surface area contributed by atoms with Crippen LogP contribution >= 0.6 is 0 Å². The van der Waals surface area contributed by atoms with E-state index in [1.807, 2.05) is 0 Å². The number of halogens is 1. The average Bonchev–Trinajstić information content (AvgIpc) is 1.94. The summed E-state index contributed by atoms with van der Waals surface area (Å²) in [5, 5.41) is 0. The quantitative estimate of drug-likeness (QED) is 0.544. The minimum absolute atomic E-state index is 0.567. The second-order valence-electron chi connectivity index (χ2n) is 2.00. The first kappa shape index (κ1) is 6.93. The molecule has 2 heteroatoms. The summed E-state index contributed by atoms with van der Waals surface area (Å²) in [5.74, 6) is 0. The highest BCUT2D eigenvalue weighted by atomic mass is 19.2. The van der Waals surface area contributed by atoms with E-state index in [0.29, 0.717) is 16.9 Å². The third-order valence-corrected chi connectivity index (χ3v) is 1.24. The maximum atomic E-state index is 12.6. The molecule has 1 heterocycles. The van der Waals surface area contributed by atoms with Gasteiger partial charge in [0, 0.05) is 16.9 Å². The van der Waals surface area contributed by atoms with E-state index in [9.17, 15) is 4.48 Å². The van der Waals surface area contributed by atoms with Crippen LogP contribution < -0.4 is 4.79 Å². The van der Waals surface area contributed by atoms with Crippen molar-refractivity contribution in [1.29, 1.82) is 0 Å². The highest BCUT2D eigenvalue weighted by Gasteiger charge is 2.05. The van der Waals surface area contributed by atoms with Gasteiger partial charge in [0.25, 0.3) is 0 Å². The minimum Gasteiger partial charge on any atom is -0.103 e. The fraction of sp³-hybridized carbons (Fsp3) is 0.125. The normalized spacial score (nSPS) is 9.30. The van der Waals surface area contributed by atoms with Crippen molar-refractivity contribution >= 4 is 0 Å². The summed E-state index contributed by atoms with van der Waals surface area (Å²) in [6, 6.07) is 5.17. The van der Waals surface area contributed by atoms with Gasteiger partial charge in [0.2, 0.25) is 11.9 Å². The number of nitrogens with zero attached hydrogens (tertiary/aromatic N) is 1. The van der Waals surface area contributed by atoms with Gasteiger partial charge >= 0.3 is 0 Å². The van der Waals surface area contributed by atoms with Gasteiger partial charge in [-0.25, -0.2) is 0 Å². The zero-order chi connectivity index (χ0) is 7.40. The highest BCUT2D eigenvalue weighted by molar-refractivity contribution is 5.00. The highest BCUT2D eigenvalue weighted by Crippen LogP contribution is 1.92. The molecule has 0 radical (unpaired) electrons. The molecule has 0 unspecified atom stereocenters. The van der Waals surface area contributed by atoms with Crippen molar-refractivity contribution in [2.24, 2.45) is 0 Å². The van der Waals surface area contributed by atoms with Gasteiger partial charge in [-0.15, -0.1) is 6.58 Å². The Morgan fingerprint density at radius 3 is 3.00 bits per heavy atom. The van der Waals surface area contributed by atoms with Crippen LogP contribution in [0.1, 0.15) is 5.69 Å². The van der Waals surface area contributed by atoms with E-state index in [-0.39, 0.29) is 0 Å². The molecule has 52 valence electrons. The van der Waals surface area contributed by atoms with E-state index in [4.69, 9.17) is 0 Å². The van der Waals surface area contributed by atoms with E-state index < -0.39 is 0 Å².